The van der Waals surface area contributed by atoms with Crippen molar-refractivity contribution in [1.29, 1.82) is 0 Å². The maximum absolute atomic E-state index is 10.8. The van der Waals surface area contributed by atoms with Crippen molar-refractivity contribution in [2.24, 2.45) is 5.73 Å². The first-order chi connectivity index (χ1) is 7.57. The lowest BCUT2D eigenvalue weighted by atomic mass is 9.93. The standard InChI is InChI=1S/C11H13NO4/c12-11(6-16-15)4-3-7-5-8(10(13)14)1-2-9(7)11/h1-2,5,15H,3-4,6,12H2,(H,13,14). The Balaban J connectivity index is 2.39. The number of carboxylic acid groups (broad SMARTS) is 1. The van der Waals surface area contributed by atoms with Crippen molar-refractivity contribution in [3.05, 3.63) is 34.9 Å². The Bertz CT molecular complexity index is 432. The van der Waals surface area contributed by atoms with E-state index in [0.717, 1.165) is 11.1 Å². The SMILES string of the molecule is NC1(COO)CCc2cc(C(=O)O)ccc21. The van der Waals surface area contributed by atoms with Crippen LogP contribution in [0.15, 0.2) is 18.2 Å². The smallest absolute Gasteiger partial charge is 0.335 e. The fourth-order valence-corrected chi connectivity index (χ4v) is 2.18. The lowest BCUT2D eigenvalue weighted by molar-refractivity contribution is -0.254. The van der Waals surface area contributed by atoms with Crippen molar-refractivity contribution in [2.45, 2.75) is 18.4 Å². The summed E-state index contributed by atoms with van der Waals surface area (Å²) >= 11 is 0. The molecule has 1 aliphatic rings. The zero-order valence-electron chi connectivity index (χ0n) is 8.64. The third kappa shape index (κ3) is 1.69. The molecule has 86 valence electrons. The third-order valence-corrected chi connectivity index (χ3v) is 3.05. The summed E-state index contributed by atoms with van der Waals surface area (Å²) in [6.45, 7) is 0.0203. The first-order valence-electron chi connectivity index (χ1n) is 4.99. The average Bonchev–Trinajstić information content (AvgIpc) is 2.57. The number of aromatic carboxylic acids is 1. The Labute approximate surface area is 92.4 Å². The number of aryl methyl sites for hydroxylation is 1. The number of fused-ring (bicyclic) bond motifs is 1. The molecule has 5 heteroatoms. The van der Waals surface area contributed by atoms with Gasteiger partial charge in [0.1, 0.15) is 6.61 Å². The van der Waals surface area contributed by atoms with Crippen LogP contribution >= 0.6 is 0 Å². The lowest BCUT2D eigenvalue weighted by Gasteiger charge is -2.23. The van der Waals surface area contributed by atoms with Crippen molar-refractivity contribution in [3.8, 4) is 0 Å². The van der Waals surface area contributed by atoms with Crippen LogP contribution in [-0.4, -0.2) is 22.9 Å². The maximum atomic E-state index is 10.8. The molecule has 2 rings (SSSR count). The van der Waals surface area contributed by atoms with Gasteiger partial charge in [0.25, 0.3) is 0 Å². The van der Waals surface area contributed by atoms with E-state index in [1.165, 1.54) is 6.07 Å². The van der Waals surface area contributed by atoms with Gasteiger partial charge in [0.15, 0.2) is 0 Å². The Morgan fingerprint density at radius 2 is 2.31 bits per heavy atom. The van der Waals surface area contributed by atoms with E-state index in [-0.39, 0.29) is 12.2 Å². The molecular formula is C11H13NO4. The number of hydrogen-bond acceptors (Lipinski definition) is 4. The Morgan fingerprint density at radius 1 is 1.56 bits per heavy atom. The summed E-state index contributed by atoms with van der Waals surface area (Å²) in [7, 11) is 0. The molecule has 0 radical (unpaired) electrons. The van der Waals surface area contributed by atoms with Crippen LogP contribution in [-0.2, 0) is 16.8 Å². The second kappa shape index (κ2) is 3.86. The summed E-state index contributed by atoms with van der Waals surface area (Å²) in [6.07, 6.45) is 1.35. The number of benzene rings is 1. The van der Waals surface area contributed by atoms with E-state index in [1.54, 1.807) is 12.1 Å². The van der Waals surface area contributed by atoms with Gasteiger partial charge in [-0.1, -0.05) is 6.07 Å². The van der Waals surface area contributed by atoms with Crippen LogP contribution in [0, 0.1) is 0 Å². The highest BCUT2D eigenvalue weighted by Crippen LogP contribution is 2.35. The van der Waals surface area contributed by atoms with E-state index in [4.69, 9.17) is 16.1 Å². The second-order valence-electron chi connectivity index (χ2n) is 4.11. The Kier molecular flexibility index (Phi) is 2.67. The molecule has 0 aliphatic heterocycles. The Morgan fingerprint density at radius 3 is 2.94 bits per heavy atom. The predicted molar refractivity (Wildman–Crippen MR) is 56.2 cm³/mol. The van der Waals surface area contributed by atoms with Gasteiger partial charge in [-0.2, -0.15) is 0 Å². The average molecular weight is 223 g/mol. The van der Waals surface area contributed by atoms with Crippen LogP contribution in [0.3, 0.4) is 0 Å². The molecule has 0 aromatic heterocycles. The summed E-state index contributed by atoms with van der Waals surface area (Å²) in [5.41, 5.74) is 7.39. The molecule has 1 aromatic carbocycles. The van der Waals surface area contributed by atoms with E-state index < -0.39 is 11.5 Å². The van der Waals surface area contributed by atoms with Gasteiger partial charge in [-0.25, -0.2) is 9.68 Å². The summed E-state index contributed by atoms with van der Waals surface area (Å²) in [5.74, 6) is -0.948. The summed E-state index contributed by atoms with van der Waals surface area (Å²) in [5, 5.41) is 17.3. The normalized spacial score (nSPS) is 23.1. The molecular weight excluding hydrogens is 210 g/mol. The van der Waals surface area contributed by atoms with Crippen molar-refractivity contribution in [2.75, 3.05) is 6.61 Å². The van der Waals surface area contributed by atoms with E-state index in [9.17, 15) is 4.79 Å². The van der Waals surface area contributed by atoms with Crippen molar-refractivity contribution in [3.63, 3.8) is 0 Å². The number of carboxylic acids is 1. The minimum absolute atomic E-state index is 0.0203. The topological polar surface area (TPSA) is 92.8 Å². The molecule has 16 heavy (non-hydrogen) atoms. The quantitative estimate of drug-likeness (QED) is 0.524. The van der Waals surface area contributed by atoms with Gasteiger partial charge in [0, 0.05) is 0 Å². The van der Waals surface area contributed by atoms with Gasteiger partial charge in [0.05, 0.1) is 11.1 Å². The van der Waals surface area contributed by atoms with Gasteiger partial charge in [-0.3, -0.25) is 5.26 Å². The molecule has 5 nitrogen and oxygen atoms in total. The minimum atomic E-state index is -0.948. The summed E-state index contributed by atoms with van der Waals surface area (Å²) in [6, 6.07) is 4.85. The van der Waals surface area contributed by atoms with Crippen LogP contribution in [0.2, 0.25) is 0 Å². The molecule has 1 atom stereocenters. The molecule has 0 saturated carbocycles. The molecule has 0 spiro atoms. The van der Waals surface area contributed by atoms with Gasteiger partial charge in [0.2, 0.25) is 0 Å². The highest BCUT2D eigenvalue weighted by molar-refractivity contribution is 5.88. The fraction of sp³-hybridized carbons (Fsp3) is 0.364. The summed E-state index contributed by atoms with van der Waals surface area (Å²) in [4.78, 5) is 14.9. The highest BCUT2D eigenvalue weighted by atomic mass is 17.1. The highest BCUT2D eigenvalue weighted by Gasteiger charge is 2.35. The van der Waals surface area contributed by atoms with E-state index in [2.05, 4.69) is 4.89 Å². The van der Waals surface area contributed by atoms with Crippen molar-refractivity contribution >= 4 is 5.97 Å². The van der Waals surface area contributed by atoms with Gasteiger partial charge >= 0.3 is 5.97 Å². The first kappa shape index (κ1) is 11.1. The molecule has 1 aliphatic carbocycles. The van der Waals surface area contributed by atoms with Crippen LogP contribution in [0.25, 0.3) is 0 Å². The molecule has 0 saturated heterocycles. The predicted octanol–water partition coefficient (Wildman–Crippen LogP) is 0.975. The maximum Gasteiger partial charge on any atom is 0.335 e. The van der Waals surface area contributed by atoms with E-state index in [1.807, 2.05) is 0 Å². The zero-order valence-corrected chi connectivity index (χ0v) is 8.64. The molecule has 4 N–H and O–H groups in total. The number of hydrogen-bond donors (Lipinski definition) is 3. The van der Waals surface area contributed by atoms with Crippen LogP contribution < -0.4 is 5.73 Å². The summed E-state index contributed by atoms with van der Waals surface area (Å²) < 4.78 is 0. The van der Waals surface area contributed by atoms with Crippen molar-refractivity contribution < 1.29 is 20.0 Å². The second-order valence-corrected chi connectivity index (χ2v) is 4.11. The lowest BCUT2D eigenvalue weighted by Crippen LogP contribution is -2.38. The van der Waals surface area contributed by atoms with E-state index >= 15 is 0 Å². The zero-order chi connectivity index (χ0) is 11.8. The number of nitrogens with two attached hydrogens (primary N) is 1. The monoisotopic (exact) mass is 223 g/mol. The molecule has 0 heterocycles. The Hall–Kier alpha value is -1.43. The minimum Gasteiger partial charge on any atom is -0.478 e. The first-order valence-corrected chi connectivity index (χ1v) is 4.99. The van der Waals surface area contributed by atoms with Crippen LogP contribution in [0.5, 0.6) is 0 Å². The van der Waals surface area contributed by atoms with Gasteiger partial charge in [-0.15, -0.1) is 0 Å². The van der Waals surface area contributed by atoms with Crippen molar-refractivity contribution in [1.82, 2.24) is 0 Å². The van der Waals surface area contributed by atoms with Crippen LogP contribution in [0.1, 0.15) is 27.9 Å². The van der Waals surface area contributed by atoms with Gasteiger partial charge < -0.3 is 10.8 Å². The number of rotatable bonds is 3. The van der Waals surface area contributed by atoms with Crippen LogP contribution in [0.4, 0.5) is 0 Å². The number of carbonyl (C=O) groups is 1. The molecule has 0 fully saturated rings. The fourth-order valence-electron chi connectivity index (χ4n) is 2.18. The molecule has 0 amide bonds. The molecule has 1 unspecified atom stereocenters. The van der Waals surface area contributed by atoms with Gasteiger partial charge in [-0.05, 0) is 36.1 Å². The molecule has 1 aromatic rings. The third-order valence-electron chi connectivity index (χ3n) is 3.05. The molecule has 0 bridgehead atoms. The van der Waals surface area contributed by atoms with E-state index in [0.29, 0.717) is 12.8 Å². The largest absolute Gasteiger partial charge is 0.478 e.